The molecule has 1 unspecified atom stereocenters. The Hall–Kier alpha value is -2.34. The minimum absolute atomic E-state index is 0.198. The maximum atomic E-state index is 12.2. The maximum absolute atomic E-state index is 12.2. The maximum Gasteiger partial charge on any atom is 0.319 e. The topological polar surface area (TPSA) is 87.4 Å². The van der Waals surface area contributed by atoms with Crippen molar-refractivity contribution in [2.24, 2.45) is 5.92 Å². The van der Waals surface area contributed by atoms with Crippen molar-refractivity contribution in [1.82, 2.24) is 10.3 Å². The first-order valence-corrected chi connectivity index (χ1v) is 8.54. The third-order valence-electron chi connectivity index (χ3n) is 4.06. The summed E-state index contributed by atoms with van der Waals surface area (Å²) >= 11 is 0. The fraction of sp³-hybridized carbons (Fsp3) is 0.474. The molecule has 2 amide bonds. The zero-order valence-electron chi connectivity index (χ0n) is 15.3. The lowest BCUT2D eigenvalue weighted by atomic mass is 9.95. The Bertz CT molecular complexity index is 694. The van der Waals surface area contributed by atoms with Crippen molar-refractivity contribution in [2.75, 3.05) is 11.9 Å². The van der Waals surface area contributed by atoms with Crippen LogP contribution in [-0.2, 0) is 0 Å². The van der Waals surface area contributed by atoms with E-state index in [4.69, 9.17) is 4.42 Å². The molecule has 3 N–H and O–H groups in total. The standard InChI is InChI=1S/C19H27N3O3/c1-13(2)7-8-19(4,24)12-21-18(23)22-16-11-15(6-5-14(16)3)17-20-9-10-25-17/h5-6,9-11,13,24H,7-8,12H2,1-4H3,(H2,21,22,23). The fourth-order valence-corrected chi connectivity index (χ4v) is 2.38. The Morgan fingerprint density at radius 1 is 1.40 bits per heavy atom. The molecule has 1 atom stereocenters. The second kappa shape index (κ2) is 8.16. The molecule has 1 aromatic carbocycles. The number of nitrogens with zero attached hydrogens (tertiary/aromatic N) is 1. The van der Waals surface area contributed by atoms with Crippen LogP contribution < -0.4 is 10.6 Å². The van der Waals surface area contributed by atoms with E-state index in [0.29, 0.717) is 23.9 Å². The van der Waals surface area contributed by atoms with E-state index in [2.05, 4.69) is 29.5 Å². The van der Waals surface area contributed by atoms with Crippen LogP contribution in [-0.4, -0.2) is 28.3 Å². The molecule has 0 aliphatic rings. The molecule has 2 rings (SSSR count). The van der Waals surface area contributed by atoms with Crippen LogP contribution in [0.1, 0.15) is 39.2 Å². The SMILES string of the molecule is Cc1ccc(-c2ncco2)cc1NC(=O)NCC(C)(O)CCC(C)C. The number of hydrogen-bond donors (Lipinski definition) is 3. The number of aryl methyl sites for hydroxylation is 1. The number of anilines is 1. The number of amides is 2. The summed E-state index contributed by atoms with van der Waals surface area (Å²) < 4.78 is 5.29. The van der Waals surface area contributed by atoms with Gasteiger partial charge in [0.2, 0.25) is 5.89 Å². The molecule has 0 aliphatic heterocycles. The Morgan fingerprint density at radius 3 is 2.80 bits per heavy atom. The average molecular weight is 345 g/mol. The highest BCUT2D eigenvalue weighted by Crippen LogP contribution is 2.24. The van der Waals surface area contributed by atoms with Gasteiger partial charge in [0.05, 0.1) is 11.8 Å². The lowest BCUT2D eigenvalue weighted by Crippen LogP contribution is -2.42. The molecule has 0 bridgehead atoms. The summed E-state index contributed by atoms with van der Waals surface area (Å²) in [6.07, 6.45) is 4.64. The number of aliphatic hydroxyl groups is 1. The summed E-state index contributed by atoms with van der Waals surface area (Å²) in [5, 5.41) is 15.9. The number of aromatic nitrogens is 1. The molecular formula is C19H27N3O3. The summed E-state index contributed by atoms with van der Waals surface area (Å²) in [4.78, 5) is 16.3. The highest BCUT2D eigenvalue weighted by atomic mass is 16.3. The molecule has 0 aliphatic carbocycles. The van der Waals surface area contributed by atoms with Gasteiger partial charge < -0.3 is 20.2 Å². The smallest absolute Gasteiger partial charge is 0.319 e. The van der Waals surface area contributed by atoms with Crippen LogP contribution in [0.3, 0.4) is 0 Å². The van der Waals surface area contributed by atoms with Crippen molar-refractivity contribution in [1.29, 1.82) is 0 Å². The van der Waals surface area contributed by atoms with Crippen LogP contribution >= 0.6 is 0 Å². The fourth-order valence-electron chi connectivity index (χ4n) is 2.38. The van der Waals surface area contributed by atoms with E-state index >= 15 is 0 Å². The lowest BCUT2D eigenvalue weighted by Gasteiger charge is -2.24. The third-order valence-corrected chi connectivity index (χ3v) is 4.06. The molecule has 2 aromatic rings. The number of urea groups is 1. The average Bonchev–Trinajstić information content (AvgIpc) is 3.08. The highest BCUT2D eigenvalue weighted by molar-refractivity contribution is 5.90. The van der Waals surface area contributed by atoms with Crippen LogP contribution in [0.15, 0.2) is 35.1 Å². The first kappa shape index (κ1) is 19.0. The minimum Gasteiger partial charge on any atom is -0.445 e. The summed E-state index contributed by atoms with van der Waals surface area (Å²) in [7, 11) is 0. The van der Waals surface area contributed by atoms with E-state index in [-0.39, 0.29) is 12.6 Å². The van der Waals surface area contributed by atoms with Crippen molar-refractivity contribution < 1.29 is 14.3 Å². The van der Waals surface area contributed by atoms with Crippen LogP contribution in [0.2, 0.25) is 0 Å². The van der Waals surface area contributed by atoms with Gasteiger partial charge in [-0.25, -0.2) is 9.78 Å². The van der Waals surface area contributed by atoms with E-state index < -0.39 is 5.60 Å². The number of carbonyl (C=O) groups is 1. The van der Waals surface area contributed by atoms with Crippen molar-refractivity contribution in [3.63, 3.8) is 0 Å². The molecular weight excluding hydrogens is 318 g/mol. The van der Waals surface area contributed by atoms with E-state index in [1.54, 1.807) is 13.1 Å². The van der Waals surface area contributed by atoms with Gasteiger partial charge >= 0.3 is 6.03 Å². The first-order chi connectivity index (χ1) is 11.8. The predicted octanol–water partition coefficient (Wildman–Crippen LogP) is 3.96. The molecule has 6 nitrogen and oxygen atoms in total. The van der Waals surface area contributed by atoms with E-state index in [1.165, 1.54) is 6.26 Å². The zero-order chi connectivity index (χ0) is 18.4. The molecule has 0 radical (unpaired) electrons. The lowest BCUT2D eigenvalue weighted by molar-refractivity contribution is 0.0481. The molecule has 0 saturated heterocycles. The van der Waals surface area contributed by atoms with Gasteiger partial charge in [0, 0.05) is 17.8 Å². The van der Waals surface area contributed by atoms with E-state index in [9.17, 15) is 9.90 Å². The summed E-state index contributed by atoms with van der Waals surface area (Å²) in [6.45, 7) is 8.07. The van der Waals surface area contributed by atoms with Crippen LogP contribution in [0, 0.1) is 12.8 Å². The molecule has 0 saturated carbocycles. The van der Waals surface area contributed by atoms with Gasteiger partial charge in [0.15, 0.2) is 0 Å². The van der Waals surface area contributed by atoms with Crippen molar-refractivity contribution >= 4 is 11.7 Å². The van der Waals surface area contributed by atoms with Gasteiger partial charge in [-0.3, -0.25) is 0 Å². The number of benzene rings is 1. The van der Waals surface area contributed by atoms with Crippen molar-refractivity contribution in [3.05, 3.63) is 36.2 Å². The number of hydrogen-bond acceptors (Lipinski definition) is 4. The second-order valence-corrected chi connectivity index (χ2v) is 7.10. The van der Waals surface area contributed by atoms with Gasteiger partial charge in [-0.15, -0.1) is 0 Å². The van der Waals surface area contributed by atoms with Crippen LogP contribution in [0.5, 0.6) is 0 Å². The Kier molecular flexibility index (Phi) is 6.20. The van der Waals surface area contributed by atoms with E-state index in [0.717, 1.165) is 17.5 Å². The molecule has 0 fully saturated rings. The van der Waals surface area contributed by atoms with Gasteiger partial charge in [-0.2, -0.15) is 0 Å². The van der Waals surface area contributed by atoms with Gasteiger partial charge in [0.25, 0.3) is 0 Å². The van der Waals surface area contributed by atoms with Gasteiger partial charge in [-0.1, -0.05) is 19.9 Å². The number of nitrogens with one attached hydrogen (secondary N) is 2. The molecule has 0 spiro atoms. The molecule has 1 heterocycles. The van der Waals surface area contributed by atoms with Gasteiger partial charge in [0.1, 0.15) is 6.26 Å². The van der Waals surface area contributed by atoms with Crippen LogP contribution in [0.4, 0.5) is 10.5 Å². The van der Waals surface area contributed by atoms with E-state index in [1.807, 2.05) is 25.1 Å². The monoisotopic (exact) mass is 345 g/mol. The summed E-state index contributed by atoms with van der Waals surface area (Å²) in [6, 6.07) is 5.25. The molecule has 6 heteroatoms. The Morgan fingerprint density at radius 2 is 2.16 bits per heavy atom. The quantitative estimate of drug-likeness (QED) is 0.709. The van der Waals surface area contributed by atoms with Crippen LogP contribution in [0.25, 0.3) is 11.5 Å². The van der Waals surface area contributed by atoms with Crippen molar-refractivity contribution in [2.45, 2.75) is 46.1 Å². The predicted molar refractivity (Wildman–Crippen MR) is 98.4 cm³/mol. The Labute approximate surface area is 148 Å². The number of oxazole rings is 1. The number of carbonyl (C=O) groups excluding carboxylic acids is 1. The summed E-state index contributed by atoms with van der Waals surface area (Å²) in [5.74, 6) is 1.01. The second-order valence-electron chi connectivity index (χ2n) is 7.10. The normalized spacial score (nSPS) is 13.5. The minimum atomic E-state index is -0.920. The summed E-state index contributed by atoms with van der Waals surface area (Å²) in [5.41, 5.74) is 1.47. The molecule has 25 heavy (non-hydrogen) atoms. The van der Waals surface area contributed by atoms with Crippen molar-refractivity contribution in [3.8, 4) is 11.5 Å². The molecule has 1 aromatic heterocycles. The number of rotatable bonds is 7. The first-order valence-electron chi connectivity index (χ1n) is 8.54. The zero-order valence-corrected chi connectivity index (χ0v) is 15.3. The largest absolute Gasteiger partial charge is 0.445 e. The van der Waals surface area contributed by atoms with Gasteiger partial charge in [-0.05, 0) is 50.3 Å². The third kappa shape index (κ3) is 5.90. The Balaban J connectivity index is 1.95. The highest BCUT2D eigenvalue weighted by Gasteiger charge is 2.21. The molecule has 136 valence electrons.